The van der Waals surface area contributed by atoms with Crippen LogP contribution in [0.3, 0.4) is 0 Å². The minimum Gasteiger partial charge on any atom is -0.485 e. The van der Waals surface area contributed by atoms with E-state index in [0.29, 0.717) is 10.6 Å². The van der Waals surface area contributed by atoms with Crippen LogP contribution in [0.1, 0.15) is 24.8 Å². The monoisotopic (exact) mass is 402 g/mol. The molecule has 0 radical (unpaired) electrons. The fraction of sp³-hybridized carbons (Fsp3) is 0.333. The Balaban J connectivity index is 2.09. The number of rotatable bonds is 2. The molecule has 2 heterocycles. The highest BCUT2D eigenvalue weighted by atomic mass is 79.9. The van der Waals surface area contributed by atoms with Crippen LogP contribution in [0, 0.1) is 0 Å². The summed E-state index contributed by atoms with van der Waals surface area (Å²) in [6.07, 6.45) is -0.802. The van der Waals surface area contributed by atoms with Gasteiger partial charge in [-0.2, -0.15) is 0 Å². The normalized spacial score (nSPS) is 23.6. The maximum atomic E-state index is 12.7. The quantitative estimate of drug-likeness (QED) is 0.780. The number of ether oxygens (including phenoxy) is 1. The molecule has 0 saturated heterocycles. The van der Waals surface area contributed by atoms with Gasteiger partial charge in [-0.1, -0.05) is 34.1 Å². The second-order valence-corrected chi connectivity index (χ2v) is 9.91. The van der Waals surface area contributed by atoms with Crippen molar-refractivity contribution in [2.45, 2.75) is 39.5 Å². The van der Waals surface area contributed by atoms with Crippen molar-refractivity contribution in [2.24, 2.45) is 0 Å². The minimum atomic E-state index is -3.60. The van der Waals surface area contributed by atoms with Crippen molar-refractivity contribution in [1.82, 2.24) is 0 Å². The molecule has 0 fully saturated rings. The predicted octanol–water partition coefficient (Wildman–Crippen LogP) is 3.55. The maximum Gasteiger partial charge on any atom is 0.216 e. The number of aliphatic hydroxyl groups excluding tert-OH is 1. The molecule has 22 heavy (non-hydrogen) atoms. The molecule has 0 aliphatic carbocycles. The first-order valence-electron chi connectivity index (χ1n) is 6.68. The summed E-state index contributed by atoms with van der Waals surface area (Å²) < 4.78 is 31.4. The van der Waals surface area contributed by atoms with Gasteiger partial charge in [0.05, 0.1) is 14.6 Å². The molecule has 1 aromatic heterocycles. The third-order valence-corrected chi connectivity index (χ3v) is 8.64. The first-order valence-corrected chi connectivity index (χ1v) is 9.90. The van der Waals surface area contributed by atoms with Crippen LogP contribution in [0.5, 0.6) is 5.75 Å². The topological polar surface area (TPSA) is 63.6 Å². The predicted molar refractivity (Wildman–Crippen MR) is 88.6 cm³/mol. The van der Waals surface area contributed by atoms with Crippen molar-refractivity contribution in [3.8, 4) is 5.75 Å². The summed E-state index contributed by atoms with van der Waals surface area (Å²) in [5.74, 6) is 0.438. The van der Waals surface area contributed by atoms with E-state index in [-0.39, 0.29) is 13.9 Å². The van der Waals surface area contributed by atoms with Crippen molar-refractivity contribution in [2.75, 3.05) is 0 Å². The van der Waals surface area contributed by atoms with Gasteiger partial charge in [0.2, 0.25) is 9.84 Å². The van der Waals surface area contributed by atoms with E-state index in [1.807, 2.05) is 13.8 Å². The molecule has 0 bridgehead atoms. The van der Waals surface area contributed by atoms with E-state index in [2.05, 4.69) is 15.9 Å². The summed E-state index contributed by atoms with van der Waals surface area (Å²) in [4.78, 5) is 0.465. The second kappa shape index (κ2) is 5.33. The van der Waals surface area contributed by atoms with Gasteiger partial charge in [0, 0.05) is 6.07 Å². The lowest BCUT2D eigenvalue weighted by molar-refractivity contribution is 0.0255. The fourth-order valence-corrected chi connectivity index (χ4v) is 5.73. The first kappa shape index (κ1) is 16.0. The van der Waals surface area contributed by atoms with Crippen molar-refractivity contribution < 1.29 is 18.3 Å². The van der Waals surface area contributed by atoms with Crippen LogP contribution in [0.25, 0.3) is 0 Å². The van der Waals surface area contributed by atoms with Gasteiger partial charge in [0.15, 0.2) is 0 Å². The maximum absolute atomic E-state index is 12.7. The molecule has 0 unspecified atom stereocenters. The lowest BCUT2D eigenvalue weighted by Gasteiger charge is -2.38. The van der Waals surface area contributed by atoms with Crippen molar-refractivity contribution >= 4 is 37.1 Å². The van der Waals surface area contributed by atoms with E-state index in [9.17, 15) is 13.5 Å². The third-order valence-electron chi connectivity index (χ3n) is 3.60. The summed E-state index contributed by atoms with van der Waals surface area (Å²) in [6.45, 7) is 3.70. The molecule has 3 rings (SSSR count). The van der Waals surface area contributed by atoms with Crippen LogP contribution in [-0.2, 0) is 9.84 Å². The second-order valence-electron chi connectivity index (χ2n) is 5.66. The molecule has 7 heteroatoms. The number of hydrogen-bond donors (Lipinski definition) is 1. The van der Waals surface area contributed by atoms with Crippen molar-refractivity contribution in [1.29, 1.82) is 0 Å². The van der Waals surface area contributed by atoms with Crippen LogP contribution >= 0.6 is 27.3 Å². The molecule has 118 valence electrons. The Kier molecular flexibility index (Phi) is 3.87. The third kappa shape index (κ3) is 2.50. The van der Waals surface area contributed by atoms with E-state index >= 15 is 0 Å². The Morgan fingerprint density at radius 3 is 2.55 bits per heavy atom. The highest BCUT2D eigenvalue weighted by molar-refractivity contribution is 9.09. The summed E-state index contributed by atoms with van der Waals surface area (Å²) in [7, 11) is -3.60. The van der Waals surface area contributed by atoms with E-state index in [4.69, 9.17) is 4.74 Å². The van der Waals surface area contributed by atoms with Gasteiger partial charge in [-0.3, -0.25) is 0 Å². The zero-order valence-corrected chi connectivity index (χ0v) is 15.2. The van der Waals surface area contributed by atoms with Crippen molar-refractivity contribution in [3.63, 3.8) is 0 Å². The number of hydrogen-bond acceptors (Lipinski definition) is 5. The average Bonchev–Trinajstić information content (AvgIpc) is 2.90. The minimum absolute atomic E-state index is 0.181. The Bertz CT molecular complexity index is 796. The highest BCUT2D eigenvalue weighted by Crippen LogP contribution is 2.48. The summed E-state index contributed by atoms with van der Waals surface area (Å²) in [6, 6.07) is 9.76. The lowest BCUT2D eigenvalue weighted by Crippen LogP contribution is -2.44. The van der Waals surface area contributed by atoms with Gasteiger partial charge in [-0.15, -0.1) is 11.3 Å². The highest BCUT2D eigenvalue weighted by Gasteiger charge is 2.43. The van der Waals surface area contributed by atoms with Gasteiger partial charge < -0.3 is 9.84 Å². The number of halogens is 1. The van der Waals surface area contributed by atoms with E-state index in [1.54, 1.807) is 30.3 Å². The molecule has 1 aliphatic heterocycles. The molecule has 1 aromatic carbocycles. The molecular weight excluding hydrogens is 388 g/mol. The van der Waals surface area contributed by atoms with Crippen LogP contribution in [-0.4, -0.2) is 24.0 Å². The number of benzene rings is 1. The number of aliphatic hydroxyl groups is 1. The molecular formula is C15H15BrO4S2. The Hall–Kier alpha value is -0.890. The van der Waals surface area contributed by atoms with E-state index in [0.717, 1.165) is 11.3 Å². The Labute approximate surface area is 141 Å². The van der Waals surface area contributed by atoms with Crippen LogP contribution in [0.4, 0.5) is 0 Å². The zero-order chi connectivity index (χ0) is 16.1. The Morgan fingerprint density at radius 1 is 1.27 bits per heavy atom. The van der Waals surface area contributed by atoms with Gasteiger partial charge in [0.25, 0.3) is 0 Å². The van der Waals surface area contributed by atoms with Gasteiger partial charge >= 0.3 is 0 Å². The first-order chi connectivity index (χ1) is 10.2. The molecule has 1 aliphatic rings. The van der Waals surface area contributed by atoms with Crippen LogP contribution < -0.4 is 4.74 Å². The summed E-state index contributed by atoms with van der Waals surface area (Å²) in [5, 5.41) is 10.4. The number of fused-ring (bicyclic) bond motifs is 1. The van der Waals surface area contributed by atoms with Crippen LogP contribution in [0.2, 0.25) is 0 Å². The molecule has 0 spiro atoms. The van der Waals surface area contributed by atoms with Crippen LogP contribution in [0.15, 0.2) is 45.5 Å². The SMILES string of the molecule is CC1(C)Oc2cc(S(=O)(=O)c3ccccc3)sc2[C@@H](O)[C@H]1Br. The molecule has 1 N–H and O–H groups in total. The zero-order valence-electron chi connectivity index (χ0n) is 12.0. The lowest BCUT2D eigenvalue weighted by atomic mass is 9.96. The van der Waals surface area contributed by atoms with E-state index in [1.165, 1.54) is 6.07 Å². The molecule has 4 nitrogen and oxygen atoms in total. The largest absolute Gasteiger partial charge is 0.485 e. The summed E-state index contributed by atoms with van der Waals surface area (Å²) in [5.41, 5.74) is -0.624. The summed E-state index contributed by atoms with van der Waals surface area (Å²) >= 11 is 4.49. The molecule has 2 atom stereocenters. The fourth-order valence-electron chi connectivity index (χ4n) is 2.35. The van der Waals surface area contributed by atoms with Gasteiger partial charge in [0.1, 0.15) is 21.7 Å². The number of alkyl halides is 1. The van der Waals surface area contributed by atoms with Crippen molar-refractivity contribution in [3.05, 3.63) is 41.3 Å². The average molecular weight is 403 g/mol. The van der Waals surface area contributed by atoms with Gasteiger partial charge in [-0.25, -0.2) is 8.42 Å². The molecule has 0 amide bonds. The number of sulfone groups is 1. The van der Waals surface area contributed by atoms with Gasteiger partial charge in [-0.05, 0) is 26.0 Å². The van der Waals surface area contributed by atoms with E-state index < -0.39 is 21.5 Å². The standard InChI is InChI=1S/C15H15BrO4S2/c1-15(2)14(16)12(17)13-10(20-15)8-11(21-13)22(18,19)9-6-4-3-5-7-9/h3-8,12,14,17H,1-2H3/t12-,14-/m1/s1. The Morgan fingerprint density at radius 2 is 1.91 bits per heavy atom. The molecule has 0 saturated carbocycles. The molecule has 2 aromatic rings. The smallest absolute Gasteiger partial charge is 0.216 e. The number of thiophene rings is 1.